The van der Waals surface area contributed by atoms with Crippen LogP contribution in [0.3, 0.4) is 0 Å². The molecule has 2 amide bonds. The van der Waals surface area contributed by atoms with Crippen LogP contribution < -0.4 is 15.8 Å². The normalized spacial score (nSPS) is 20.0. The minimum Gasteiger partial charge on any atom is -0.477 e. The van der Waals surface area contributed by atoms with Crippen molar-refractivity contribution < 1.29 is 14.3 Å². The third-order valence-electron chi connectivity index (χ3n) is 5.21. The molecule has 4 rings (SSSR count). The van der Waals surface area contributed by atoms with Gasteiger partial charge in [0.1, 0.15) is 11.7 Å². The SMILES string of the molecule is C.NC(=O)[C@H](CC1CC1)NC(=O)c1ccc(C2CC2)c(OCC2CC2)n1. The highest BCUT2D eigenvalue weighted by atomic mass is 16.5. The number of ether oxygens (including phenoxy) is 1. The van der Waals surface area contributed by atoms with E-state index in [0.717, 1.165) is 31.2 Å². The lowest BCUT2D eigenvalue weighted by Gasteiger charge is -2.16. The highest BCUT2D eigenvalue weighted by Gasteiger charge is 2.32. The van der Waals surface area contributed by atoms with Gasteiger partial charge in [-0.3, -0.25) is 9.59 Å². The van der Waals surface area contributed by atoms with E-state index in [1.54, 1.807) is 6.07 Å². The third kappa shape index (κ3) is 4.74. The molecule has 1 aromatic rings. The smallest absolute Gasteiger partial charge is 0.270 e. The molecule has 0 spiro atoms. The molecule has 0 bridgehead atoms. The number of nitrogens with zero attached hydrogens (tertiary/aromatic N) is 1. The fourth-order valence-corrected chi connectivity index (χ4v) is 3.04. The summed E-state index contributed by atoms with van der Waals surface area (Å²) in [6, 6.07) is 3.05. The van der Waals surface area contributed by atoms with E-state index in [2.05, 4.69) is 10.3 Å². The van der Waals surface area contributed by atoms with Crippen molar-refractivity contribution in [2.75, 3.05) is 6.61 Å². The molecule has 3 saturated carbocycles. The molecule has 1 atom stereocenters. The number of hydrogen-bond acceptors (Lipinski definition) is 4. The number of carbonyl (C=O) groups is 2. The van der Waals surface area contributed by atoms with Gasteiger partial charge in [-0.2, -0.15) is 0 Å². The van der Waals surface area contributed by atoms with Crippen LogP contribution >= 0.6 is 0 Å². The Morgan fingerprint density at radius 2 is 1.85 bits per heavy atom. The molecule has 142 valence electrons. The molecule has 6 heteroatoms. The predicted molar refractivity (Wildman–Crippen MR) is 99.0 cm³/mol. The maximum Gasteiger partial charge on any atom is 0.270 e. The second-order valence-electron chi connectivity index (χ2n) is 7.73. The van der Waals surface area contributed by atoms with Gasteiger partial charge in [-0.1, -0.05) is 26.3 Å². The predicted octanol–water partition coefficient (Wildman–Crippen LogP) is 2.77. The highest BCUT2D eigenvalue weighted by molar-refractivity contribution is 5.96. The van der Waals surface area contributed by atoms with Gasteiger partial charge in [-0.05, 0) is 55.9 Å². The number of nitrogens with one attached hydrogen (secondary N) is 1. The van der Waals surface area contributed by atoms with Gasteiger partial charge in [0.25, 0.3) is 5.91 Å². The van der Waals surface area contributed by atoms with Crippen LogP contribution in [-0.4, -0.2) is 29.4 Å². The van der Waals surface area contributed by atoms with E-state index in [1.165, 1.54) is 12.8 Å². The molecular formula is C20H29N3O3. The highest BCUT2D eigenvalue weighted by Crippen LogP contribution is 2.44. The van der Waals surface area contributed by atoms with Crippen LogP contribution in [0.15, 0.2) is 12.1 Å². The van der Waals surface area contributed by atoms with Gasteiger partial charge >= 0.3 is 0 Å². The largest absolute Gasteiger partial charge is 0.477 e. The molecule has 0 aromatic carbocycles. The molecule has 3 fully saturated rings. The van der Waals surface area contributed by atoms with E-state index < -0.39 is 11.9 Å². The summed E-state index contributed by atoms with van der Waals surface area (Å²) in [5.41, 5.74) is 6.82. The van der Waals surface area contributed by atoms with Crippen molar-refractivity contribution in [1.82, 2.24) is 10.3 Å². The van der Waals surface area contributed by atoms with Crippen LogP contribution in [-0.2, 0) is 4.79 Å². The van der Waals surface area contributed by atoms with E-state index in [4.69, 9.17) is 10.5 Å². The van der Waals surface area contributed by atoms with Gasteiger partial charge in [-0.15, -0.1) is 0 Å². The lowest BCUT2D eigenvalue weighted by Crippen LogP contribution is -2.45. The maximum absolute atomic E-state index is 12.5. The van der Waals surface area contributed by atoms with E-state index in [0.29, 0.717) is 36.7 Å². The van der Waals surface area contributed by atoms with E-state index in [1.807, 2.05) is 6.07 Å². The quantitative estimate of drug-likeness (QED) is 0.709. The first-order valence-electron chi connectivity index (χ1n) is 9.34. The topological polar surface area (TPSA) is 94.3 Å². The van der Waals surface area contributed by atoms with Crippen LogP contribution in [0.4, 0.5) is 0 Å². The zero-order chi connectivity index (χ0) is 17.4. The number of rotatable bonds is 9. The Hall–Kier alpha value is -2.11. The average Bonchev–Trinajstić information content (AvgIpc) is 3.46. The molecule has 3 N–H and O–H groups in total. The van der Waals surface area contributed by atoms with Gasteiger partial charge in [0.05, 0.1) is 6.61 Å². The fourth-order valence-electron chi connectivity index (χ4n) is 3.04. The summed E-state index contributed by atoms with van der Waals surface area (Å²) < 4.78 is 5.90. The Kier molecular flexibility index (Phi) is 5.49. The first-order valence-corrected chi connectivity index (χ1v) is 9.34. The van der Waals surface area contributed by atoms with E-state index >= 15 is 0 Å². The van der Waals surface area contributed by atoms with Gasteiger partial charge in [0.15, 0.2) is 0 Å². The van der Waals surface area contributed by atoms with Crippen molar-refractivity contribution in [3.63, 3.8) is 0 Å². The van der Waals surface area contributed by atoms with Crippen LogP contribution in [0.5, 0.6) is 5.88 Å². The van der Waals surface area contributed by atoms with Crippen molar-refractivity contribution in [2.45, 2.75) is 64.3 Å². The van der Waals surface area contributed by atoms with Crippen LogP contribution in [0, 0.1) is 11.8 Å². The van der Waals surface area contributed by atoms with Crippen molar-refractivity contribution in [1.29, 1.82) is 0 Å². The number of primary amides is 1. The lowest BCUT2D eigenvalue weighted by molar-refractivity contribution is -0.120. The molecule has 3 aliphatic carbocycles. The second kappa shape index (κ2) is 7.64. The van der Waals surface area contributed by atoms with Crippen LogP contribution in [0.25, 0.3) is 0 Å². The summed E-state index contributed by atoms with van der Waals surface area (Å²) in [6.45, 7) is 0.670. The van der Waals surface area contributed by atoms with Crippen LogP contribution in [0.1, 0.15) is 74.3 Å². The minimum absolute atomic E-state index is 0. The van der Waals surface area contributed by atoms with Crippen molar-refractivity contribution in [2.24, 2.45) is 17.6 Å². The zero-order valence-electron chi connectivity index (χ0n) is 14.4. The molecule has 1 heterocycles. The minimum atomic E-state index is -0.624. The summed E-state index contributed by atoms with van der Waals surface area (Å²) in [5, 5.41) is 2.74. The summed E-state index contributed by atoms with van der Waals surface area (Å²) in [7, 11) is 0. The molecular weight excluding hydrogens is 330 g/mol. The summed E-state index contributed by atoms with van der Waals surface area (Å²) in [4.78, 5) is 28.6. The molecule has 0 unspecified atom stereocenters. The monoisotopic (exact) mass is 359 g/mol. The summed E-state index contributed by atoms with van der Waals surface area (Å²) in [5.74, 6) is 1.37. The lowest BCUT2D eigenvalue weighted by atomic mass is 10.1. The molecule has 1 aromatic heterocycles. The molecule has 3 aliphatic rings. The first-order chi connectivity index (χ1) is 12.1. The number of aromatic nitrogens is 1. The Morgan fingerprint density at radius 1 is 1.15 bits per heavy atom. The summed E-state index contributed by atoms with van der Waals surface area (Å²) >= 11 is 0. The molecule has 0 saturated heterocycles. The number of carbonyl (C=O) groups excluding carboxylic acids is 2. The summed E-state index contributed by atoms with van der Waals surface area (Å²) in [6.07, 6.45) is 7.55. The number of amides is 2. The van der Waals surface area contributed by atoms with Gasteiger partial charge in [0.2, 0.25) is 11.8 Å². The zero-order valence-corrected chi connectivity index (χ0v) is 14.4. The van der Waals surface area contributed by atoms with Gasteiger partial charge < -0.3 is 15.8 Å². The molecule has 0 aliphatic heterocycles. The standard InChI is InChI=1S/C19H25N3O3.CH4/c20-17(23)16(9-11-1-2-11)21-18(24)15-8-7-14(13-5-6-13)19(22-15)25-10-12-3-4-12;/h7-8,11-13,16H,1-6,9-10H2,(H2,20,23)(H,21,24);1H4/t16-;/m0./s1. The Labute approximate surface area is 154 Å². The number of pyridine rings is 1. The number of nitrogens with two attached hydrogens (primary N) is 1. The van der Waals surface area contributed by atoms with Gasteiger partial charge in [-0.25, -0.2) is 4.98 Å². The van der Waals surface area contributed by atoms with E-state index in [9.17, 15) is 9.59 Å². The Morgan fingerprint density at radius 3 is 2.42 bits per heavy atom. The van der Waals surface area contributed by atoms with E-state index in [-0.39, 0.29) is 19.0 Å². The Balaban J connectivity index is 0.00000196. The van der Waals surface area contributed by atoms with Gasteiger partial charge in [0, 0.05) is 5.56 Å². The Bertz CT molecular complexity index is 679. The van der Waals surface area contributed by atoms with Crippen molar-refractivity contribution >= 4 is 11.8 Å². The molecule has 26 heavy (non-hydrogen) atoms. The molecule has 0 radical (unpaired) electrons. The number of hydrogen-bond donors (Lipinski definition) is 2. The maximum atomic E-state index is 12.5. The van der Waals surface area contributed by atoms with Crippen molar-refractivity contribution in [3.05, 3.63) is 23.4 Å². The fraction of sp³-hybridized carbons (Fsp3) is 0.650. The second-order valence-corrected chi connectivity index (χ2v) is 7.73. The third-order valence-corrected chi connectivity index (χ3v) is 5.21. The average molecular weight is 359 g/mol. The first kappa shape index (κ1) is 18.7. The van der Waals surface area contributed by atoms with Crippen LogP contribution in [0.2, 0.25) is 0 Å². The van der Waals surface area contributed by atoms with Crippen molar-refractivity contribution in [3.8, 4) is 5.88 Å². The molecule has 6 nitrogen and oxygen atoms in total.